The first kappa shape index (κ1) is 32.1. The second-order valence-corrected chi connectivity index (χ2v) is 12.3. The third-order valence-electron chi connectivity index (χ3n) is 9.23. The van der Waals surface area contributed by atoms with Gasteiger partial charge in [0.25, 0.3) is 5.92 Å². The van der Waals surface area contributed by atoms with Gasteiger partial charge < -0.3 is 34.9 Å². The number of alkyl halides is 2. The lowest BCUT2D eigenvalue weighted by Gasteiger charge is -2.30. The third kappa shape index (κ3) is 6.68. The maximum Gasteiger partial charge on any atom is 0.408 e. The van der Waals surface area contributed by atoms with Crippen LogP contribution in [0.3, 0.4) is 0 Å². The molecule has 11 nitrogen and oxygen atoms in total. The second-order valence-electron chi connectivity index (χ2n) is 12.3. The number of aromatic nitrogens is 2. The van der Waals surface area contributed by atoms with Crippen LogP contribution in [0.25, 0.3) is 11.0 Å². The van der Waals surface area contributed by atoms with Crippen LogP contribution in [0.5, 0.6) is 11.6 Å². The van der Waals surface area contributed by atoms with E-state index in [0.29, 0.717) is 49.0 Å². The number of ether oxygens (including phenoxy) is 4. The van der Waals surface area contributed by atoms with Gasteiger partial charge in [-0.2, -0.15) is 8.78 Å². The van der Waals surface area contributed by atoms with Crippen molar-refractivity contribution in [2.75, 3.05) is 33.4 Å². The van der Waals surface area contributed by atoms with Crippen LogP contribution in [0.1, 0.15) is 65.0 Å². The predicted octanol–water partition coefficient (Wildman–Crippen LogP) is 4.16. The fraction of sp³-hybridized carbons (Fsp3) is 0.677. The van der Waals surface area contributed by atoms with Crippen molar-refractivity contribution in [1.82, 2.24) is 20.2 Å². The predicted molar refractivity (Wildman–Crippen MR) is 158 cm³/mol. The normalized spacial score (nSPS) is 30.7. The number of hydrogen-bond acceptors (Lipinski definition) is 9. The van der Waals surface area contributed by atoms with Crippen molar-refractivity contribution in [3.63, 3.8) is 0 Å². The van der Waals surface area contributed by atoms with Crippen LogP contribution in [0.15, 0.2) is 18.2 Å². The smallest absolute Gasteiger partial charge is 0.408 e. The number of carbonyl (C=O) groups excluding carboxylic acids is 2. The zero-order valence-electron chi connectivity index (χ0n) is 25.8. The molecule has 1 aliphatic carbocycles. The number of carbonyl (C=O) groups is 2. The topological polar surface area (TPSA) is 138 Å². The Balaban J connectivity index is 1.53. The molecule has 6 atom stereocenters. The number of nitrogens with two attached hydrogens (primary N) is 1. The average molecular weight is 620 g/mol. The monoisotopic (exact) mass is 619 g/mol. The van der Waals surface area contributed by atoms with Crippen molar-refractivity contribution in [1.29, 1.82) is 0 Å². The summed E-state index contributed by atoms with van der Waals surface area (Å²) < 4.78 is 55.0. The maximum atomic E-state index is 15.9. The van der Waals surface area contributed by atoms with Crippen LogP contribution >= 0.6 is 0 Å². The van der Waals surface area contributed by atoms with Gasteiger partial charge in [-0.15, -0.1) is 0 Å². The molecule has 5 rings (SSSR count). The molecular formula is C31H43F2N5O6. The van der Waals surface area contributed by atoms with Crippen LogP contribution in [-0.4, -0.2) is 84.1 Å². The van der Waals surface area contributed by atoms with Crippen LogP contribution in [0, 0.1) is 11.8 Å². The first-order valence-electron chi connectivity index (χ1n) is 15.5. The van der Waals surface area contributed by atoms with E-state index in [9.17, 15) is 9.59 Å². The fourth-order valence-electron chi connectivity index (χ4n) is 6.30. The van der Waals surface area contributed by atoms with Gasteiger partial charge in [-0.25, -0.2) is 14.8 Å². The molecule has 3 aliphatic rings. The number of methoxy groups -OCH3 is 1. The lowest BCUT2D eigenvalue weighted by molar-refractivity contribution is -0.136. The van der Waals surface area contributed by atoms with Gasteiger partial charge in [0.2, 0.25) is 11.8 Å². The van der Waals surface area contributed by atoms with Gasteiger partial charge >= 0.3 is 6.09 Å². The Morgan fingerprint density at radius 1 is 1.20 bits per heavy atom. The van der Waals surface area contributed by atoms with E-state index < -0.39 is 47.9 Å². The summed E-state index contributed by atoms with van der Waals surface area (Å²) in [5.74, 6) is -3.69. The summed E-state index contributed by atoms with van der Waals surface area (Å²) in [5.41, 5.74) is 5.07. The van der Waals surface area contributed by atoms with Gasteiger partial charge in [0.15, 0.2) is 5.69 Å². The van der Waals surface area contributed by atoms with Crippen LogP contribution < -0.4 is 20.5 Å². The van der Waals surface area contributed by atoms with Crippen molar-refractivity contribution in [3.05, 3.63) is 23.9 Å². The Morgan fingerprint density at radius 2 is 2.00 bits per heavy atom. The molecule has 0 spiro atoms. The van der Waals surface area contributed by atoms with Crippen molar-refractivity contribution in [2.45, 2.75) is 89.0 Å². The molecule has 13 heteroatoms. The maximum absolute atomic E-state index is 15.9. The number of nitrogens with zero attached hydrogens (tertiary/aromatic N) is 3. The van der Waals surface area contributed by atoms with Crippen molar-refractivity contribution < 1.29 is 37.3 Å². The number of hydrogen-bond donors (Lipinski definition) is 2. The van der Waals surface area contributed by atoms with Crippen molar-refractivity contribution >= 4 is 23.0 Å². The summed E-state index contributed by atoms with van der Waals surface area (Å²) in [6, 6.07) is 3.56. The molecule has 1 saturated carbocycles. The van der Waals surface area contributed by atoms with Crippen LogP contribution in [0.4, 0.5) is 13.6 Å². The van der Waals surface area contributed by atoms with Gasteiger partial charge in [0.05, 0.1) is 43.9 Å². The van der Waals surface area contributed by atoms with Crippen LogP contribution in [0.2, 0.25) is 0 Å². The fourth-order valence-corrected chi connectivity index (χ4v) is 6.30. The number of halogens is 2. The highest BCUT2D eigenvalue weighted by atomic mass is 19.3. The number of amides is 2. The van der Waals surface area contributed by atoms with Crippen molar-refractivity contribution in [2.24, 2.45) is 17.6 Å². The molecule has 1 aromatic heterocycles. The third-order valence-corrected chi connectivity index (χ3v) is 9.23. The number of benzene rings is 1. The first-order valence-corrected chi connectivity index (χ1v) is 15.5. The van der Waals surface area contributed by atoms with E-state index >= 15 is 8.78 Å². The van der Waals surface area contributed by atoms with Crippen molar-refractivity contribution in [3.8, 4) is 11.6 Å². The van der Waals surface area contributed by atoms with Gasteiger partial charge in [0.1, 0.15) is 23.5 Å². The van der Waals surface area contributed by atoms with Gasteiger partial charge in [0, 0.05) is 30.9 Å². The summed E-state index contributed by atoms with van der Waals surface area (Å²) in [4.78, 5) is 37.2. The molecule has 2 aliphatic heterocycles. The minimum Gasteiger partial charge on any atom is -0.497 e. The molecule has 1 saturated heterocycles. The SMILES string of the molecule is CC[C@@H]1NC(=O)O[C@]2(C)C[C@H]2CCCCC(F)(F)c2nc3ccc(OC)cc3nc2O[C@H]2CN(C1=O)[C@H](COCCN)[C@@H]2C. The summed E-state index contributed by atoms with van der Waals surface area (Å²) in [7, 11) is 1.51. The molecule has 2 bridgehead atoms. The molecule has 242 valence electrons. The standard InChI is InChI=1S/C31H43F2N5O6/c1-5-21-28(39)38-16-25(18(2)24(38)17-42-13-12-34)43-27-26(35-22-10-9-20(41-4)14-23(22)36-27)31(32,33)11-7-6-8-19-15-30(19,3)44-29(40)37-21/h9-10,14,18-19,21,24-25H,5-8,11-13,15-17,34H2,1-4H3,(H,37,40)/t18-,19+,21-,24+,25-,30+/m0/s1. The minimum atomic E-state index is -3.32. The molecule has 0 unspecified atom stereocenters. The van der Waals surface area contributed by atoms with E-state index in [0.717, 1.165) is 0 Å². The van der Waals surface area contributed by atoms with E-state index in [1.807, 2.05) is 13.8 Å². The highest BCUT2D eigenvalue weighted by Gasteiger charge is 2.54. The summed E-state index contributed by atoms with van der Waals surface area (Å²) in [6.45, 7) is 6.34. The first-order chi connectivity index (χ1) is 21.0. The highest BCUT2D eigenvalue weighted by molar-refractivity contribution is 5.86. The zero-order chi connectivity index (χ0) is 31.6. The van der Waals surface area contributed by atoms with E-state index in [4.69, 9.17) is 24.7 Å². The van der Waals surface area contributed by atoms with Gasteiger partial charge in [-0.1, -0.05) is 20.3 Å². The molecular weight excluding hydrogens is 576 g/mol. The molecule has 2 fully saturated rings. The lowest BCUT2D eigenvalue weighted by Crippen LogP contribution is -2.52. The lowest BCUT2D eigenvalue weighted by atomic mass is 10.0. The summed E-state index contributed by atoms with van der Waals surface area (Å²) in [6.07, 6.45) is 0.583. The molecule has 2 amide bonds. The minimum absolute atomic E-state index is 0.0649. The number of fused-ring (bicyclic) bond motifs is 5. The number of alkyl carbamates (subject to hydrolysis) is 1. The van der Waals surface area contributed by atoms with E-state index in [1.54, 1.807) is 30.0 Å². The van der Waals surface area contributed by atoms with E-state index in [-0.39, 0.29) is 49.8 Å². The van der Waals surface area contributed by atoms with E-state index in [1.165, 1.54) is 7.11 Å². The Labute approximate surface area is 256 Å². The largest absolute Gasteiger partial charge is 0.497 e. The molecule has 2 aromatic rings. The molecule has 0 radical (unpaired) electrons. The molecule has 3 N–H and O–H groups in total. The zero-order valence-corrected chi connectivity index (χ0v) is 25.8. The number of nitrogens with one attached hydrogen (secondary N) is 1. The van der Waals surface area contributed by atoms with Crippen LogP contribution in [-0.2, 0) is 20.2 Å². The highest BCUT2D eigenvalue weighted by Crippen LogP contribution is 2.50. The summed E-state index contributed by atoms with van der Waals surface area (Å²) >= 11 is 0. The molecule has 3 heterocycles. The van der Waals surface area contributed by atoms with E-state index in [2.05, 4.69) is 15.3 Å². The Hall–Kier alpha value is -3.32. The Bertz CT molecular complexity index is 1360. The quantitative estimate of drug-likeness (QED) is 0.457. The molecule has 44 heavy (non-hydrogen) atoms. The van der Waals surface area contributed by atoms with Gasteiger partial charge in [-0.05, 0) is 44.7 Å². The number of rotatable bonds is 6. The Kier molecular flexibility index (Phi) is 9.45. The Morgan fingerprint density at radius 3 is 2.73 bits per heavy atom. The second kappa shape index (κ2) is 13.0. The summed E-state index contributed by atoms with van der Waals surface area (Å²) in [5, 5.41) is 2.76. The average Bonchev–Trinajstić information content (AvgIpc) is 3.53. The van der Waals surface area contributed by atoms with Gasteiger partial charge in [-0.3, -0.25) is 4.79 Å². The molecule has 1 aromatic carbocycles.